The molecule has 0 aliphatic rings. The average molecular weight is 363 g/mol. The lowest BCUT2D eigenvalue weighted by molar-refractivity contribution is -0.118. The number of aryl methyl sites for hydroxylation is 1. The Morgan fingerprint density at radius 1 is 1.23 bits per heavy atom. The van der Waals surface area contributed by atoms with Crippen LogP contribution in [0.15, 0.2) is 46.9 Å². The van der Waals surface area contributed by atoms with E-state index in [0.717, 1.165) is 10.0 Å². The summed E-state index contributed by atoms with van der Waals surface area (Å²) in [7, 11) is 0. The highest BCUT2D eigenvalue weighted by molar-refractivity contribution is 9.10. The molecule has 114 valence electrons. The molecule has 2 aromatic carbocycles. The van der Waals surface area contributed by atoms with Gasteiger partial charge in [0.15, 0.2) is 6.61 Å². The first-order valence-electron chi connectivity index (χ1n) is 6.55. The molecule has 0 aliphatic heterocycles. The van der Waals surface area contributed by atoms with Gasteiger partial charge < -0.3 is 15.8 Å². The quantitative estimate of drug-likeness (QED) is 0.857. The Balaban J connectivity index is 2.00. The SMILES string of the molecule is Cc1cc(Br)ccc1NC(=O)COc1ccccc1C(N)=O. The summed E-state index contributed by atoms with van der Waals surface area (Å²) >= 11 is 3.36. The number of carbonyl (C=O) groups excluding carboxylic acids is 2. The molecular formula is C16H15BrN2O3. The van der Waals surface area contributed by atoms with Gasteiger partial charge in [-0.05, 0) is 42.8 Å². The molecule has 0 saturated carbocycles. The van der Waals surface area contributed by atoms with E-state index in [-0.39, 0.29) is 23.8 Å². The predicted molar refractivity (Wildman–Crippen MR) is 88.0 cm³/mol. The molecule has 0 atom stereocenters. The van der Waals surface area contributed by atoms with E-state index in [1.54, 1.807) is 30.3 Å². The molecule has 2 aromatic rings. The van der Waals surface area contributed by atoms with E-state index in [1.165, 1.54) is 0 Å². The van der Waals surface area contributed by atoms with Crippen molar-refractivity contribution in [2.75, 3.05) is 11.9 Å². The monoisotopic (exact) mass is 362 g/mol. The van der Waals surface area contributed by atoms with Crippen molar-refractivity contribution in [3.63, 3.8) is 0 Å². The summed E-state index contributed by atoms with van der Waals surface area (Å²) < 4.78 is 6.31. The fraction of sp³-hybridized carbons (Fsp3) is 0.125. The van der Waals surface area contributed by atoms with Gasteiger partial charge >= 0.3 is 0 Å². The van der Waals surface area contributed by atoms with Crippen LogP contribution in [0, 0.1) is 6.92 Å². The average Bonchev–Trinajstić information content (AvgIpc) is 2.48. The molecule has 6 heteroatoms. The first-order chi connectivity index (χ1) is 10.5. The molecule has 0 heterocycles. The molecule has 0 radical (unpaired) electrons. The van der Waals surface area contributed by atoms with Gasteiger partial charge in [-0.3, -0.25) is 9.59 Å². The number of hydrogen-bond donors (Lipinski definition) is 2. The number of carbonyl (C=O) groups is 2. The molecule has 0 saturated heterocycles. The number of primary amides is 1. The molecule has 0 bridgehead atoms. The van der Waals surface area contributed by atoms with Crippen LogP contribution in [0.2, 0.25) is 0 Å². The first kappa shape index (κ1) is 16.0. The molecule has 3 N–H and O–H groups in total. The Bertz CT molecular complexity index is 716. The van der Waals surface area contributed by atoms with Crippen LogP contribution in [0.4, 0.5) is 5.69 Å². The highest BCUT2D eigenvalue weighted by Gasteiger charge is 2.11. The zero-order chi connectivity index (χ0) is 16.1. The second kappa shape index (κ2) is 7.09. The van der Waals surface area contributed by atoms with Gasteiger partial charge in [0.25, 0.3) is 11.8 Å². The Morgan fingerprint density at radius 2 is 1.95 bits per heavy atom. The summed E-state index contributed by atoms with van der Waals surface area (Å²) in [6.45, 7) is 1.68. The molecule has 22 heavy (non-hydrogen) atoms. The predicted octanol–water partition coefficient (Wildman–Crippen LogP) is 2.87. The van der Waals surface area contributed by atoms with E-state index < -0.39 is 5.91 Å². The first-order valence-corrected chi connectivity index (χ1v) is 7.34. The lowest BCUT2D eigenvalue weighted by atomic mass is 10.2. The standard InChI is InChI=1S/C16H15BrN2O3/c1-10-8-11(17)6-7-13(10)19-15(20)9-22-14-5-3-2-4-12(14)16(18)21/h2-8H,9H2,1H3,(H2,18,21)(H,19,20). The van der Waals surface area contributed by atoms with Gasteiger partial charge in [-0.15, -0.1) is 0 Å². The highest BCUT2D eigenvalue weighted by Crippen LogP contribution is 2.20. The fourth-order valence-corrected chi connectivity index (χ4v) is 2.37. The number of anilines is 1. The van der Waals surface area contributed by atoms with Crippen LogP contribution < -0.4 is 15.8 Å². The van der Waals surface area contributed by atoms with Crippen molar-refractivity contribution < 1.29 is 14.3 Å². The number of nitrogens with two attached hydrogens (primary N) is 1. The minimum atomic E-state index is -0.597. The van der Waals surface area contributed by atoms with Crippen LogP contribution in [0.3, 0.4) is 0 Å². The number of nitrogens with one attached hydrogen (secondary N) is 1. The number of benzene rings is 2. The van der Waals surface area contributed by atoms with Crippen molar-refractivity contribution in [2.45, 2.75) is 6.92 Å². The number of amides is 2. The third-order valence-electron chi connectivity index (χ3n) is 2.97. The Labute approximate surface area is 136 Å². The van der Waals surface area contributed by atoms with Crippen LogP contribution >= 0.6 is 15.9 Å². The van der Waals surface area contributed by atoms with Gasteiger partial charge in [0.2, 0.25) is 0 Å². The van der Waals surface area contributed by atoms with Crippen LogP contribution in [0.25, 0.3) is 0 Å². The number of para-hydroxylation sites is 1. The van der Waals surface area contributed by atoms with E-state index in [0.29, 0.717) is 5.69 Å². The Morgan fingerprint density at radius 3 is 2.64 bits per heavy atom. The third-order valence-corrected chi connectivity index (χ3v) is 3.47. The van der Waals surface area contributed by atoms with E-state index in [1.807, 2.05) is 19.1 Å². The zero-order valence-electron chi connectivity index (χ0n) is 11.9. The zero-order valence-corrected chi connectivity index (χ0v) is 13.5. The van der Waals surface area contributed by atoms with Gasteiger partial charge in [-0.25, -0.2) is 0 Å². The van der Waals surface area contributed by atoms with Crippen molar-refractivity contribution in [3.8, 4) is 5.75 Å². The minimum Gasteiger partial charge on any atom is -0.483 e. The summed E-state index contributed by atoms with van der Waals surface area (Å²) in [4.78, 5) is 23.2. The van der Waals surface area contributed by atoms with E-state index in [4.69, 9.17) is 10.5 Å². The molecule has 0 aliphatic carbocycles. The summed E-state index contributed by atoms with van der Waals surface area (Å²) in [6.07, 6.45) is 0. The van der Waals surface area contributed by atoms with Gasteiger partial charge in [0.05, 0.1) is 5.56 Å². The van der Waals surface area contributed by atoms with Gasteiger partial charge in [0.1, 0.15) is 5.75 Å². The van der Waals surface area contributed by atoms with E-state index in [2.05, 4.69) is 21.2 Å². The second-order valence-electron chi connectivity index (χ2n) is 4.66. The minimum absolute atomic E-state index is 0.209. The summed E-state index contributed by atoms with van der Waals surface area (Å²) in [5.74, 6) is -0.623. The van der Waals surface area contributed by atoms with E-state index >= 15 is 0 Å². The summed E-state index contributed by atoms with van der Waals surface area (Å²) in [5.41, 5.74) is 7.14. The molecule has 0 aromatic heterocycles. The smallest absolute Gasteiger partial charge is 0.262 e. The van der Waals surface area contributed by atoms with Crippen LogP contribution in [0.1, 0.15) is 15.9 Å². The lowest BCUT2D eigenvalue weighted by Gasteiger charge is -2.11. The topological polar surface area (TPSA) is 81.4 Å². The highest BCUT2D eigenvalue weighted by atomic mass is 79.9. The van der Waals surface area contributed by atoms with Crippen LogP contribution in [-0.2, 0) is 4.79 Å². The molecule has 0 spiro atoms. The van der Waals surface area contributed by atoms with Gasteiger partial charge in [0, 0.05) is 10.2 Å². The van der Waals surface area contributed by atoms with Crippen molar-refractivity contribution in [3.05, 3.63) is 58.1 Å². The van der Waals surface area contributed by atoms with Crippen molar-refractivity contribution >= 4 is 33.4 Å². The number of ether oxygens (including phenoxy) is 1. The second-order valence-corrected chi connectivity index (χ2v) is 5.57. The largest absolute Gasteiger partial charge is 0.483 e. The number of rotatable bonds is 5. The fourth-order valence-electron chi connectivity index (χ4n) is 1.89. The van der Waals surface area contributed by atoms with Crippen LogP contribution in [-0.4, -0.2) is 18.4 Å². The maximum absolute atomic E-state index is 11.9. The third kappa shape index (κ3) is 4.08. The molecule has 5 nitrogen and oxygen atoms in total. The maximum Gasteiger partial charge on any atom is 0.262 e. The summed E-state index contributed by atoms with van der Waals surface area (Å²) in [6, 6.07) is 12.1. The normalized spacial score (nSPS) is 10.1. The van der Waals surface area contributed by atoms with Crippen molar-refractivity contribution in [1.29, 1.82) is 0 Å². The molecule has 0 unspecified atom stereocenters. The molecular weight excluding hydrogens is 348 g/mol. The molecule has 2 rings (SSSR count). The van der Waals surface area contributed by atoms with Crippen LogP contribution in [0.5, 0.6) is 5.75 Å². The van der Waals surface area contributed by atoms with Crippen molar-refractivity contribution in [2.24, 2.45) is 5.73 Å². The van der Waals surface area contributed by atoms with Crippen molar-refractivity contribution in [1.82, 2.24) is 0 Å². The van der Waals surface area contributed by atoms with Gasteiger partial charge in [-0.2, -0.15) is 0 Å². The summed E-state index contributed by atoms with van der Waals surface area (Å²) in [5, 5.41) is 2.76. The molecule has 0 fully saturated rings. The number of hydrogen-bond acceptors (Lipinski definition) is 3. The lowest BCUT2D eigenvalue weighted by Crippen LogP contribution is -2.22. The number of halogens is 1. The Hall–Kier alpha value is -2.34. The van der Waals surface area contributed by atoms with E-state index in [9.17, 15) is 9.59 Å². The van der Waals surface area contributed by atoms with Gasteiger partial charge in [-0.1, -0.05) is 28.1 Å². The Kier molecular flexibility index (Phi) is 5.16. The maximum atomic E-state index is 11.9. The molecule has 2 amide bonds.